The third kappa shape index (κ3) is 3.53. The quantitative estimate of drug-likeness (QED) is 0.595. The zero-order valence-electron chi connectivity index (χ0n) is 18.2. The molecule has 0 radical (unpaired) electrons. The Bertz CT molecular complexity index is 1100. The van der Waals surface area contributed by atoms with Gasteiger partial charge in [-0.15, -0.1) is 0 Å². The highest BCUT2D eigenvalue weighted by molar-refractivity contribution is 6.28. The van der Waals surface area contributed by atoms with Crippen molar-refractivity contribution in [1.29, 1.82) is 0 Å². The fourth-order valence-corrected chi connectivity index (χ4v) is 4.00. The minimum atomic E-state index is -0.683. The Morgan fingerprint density at radius 3 is 2.03 bits per heavy atom. The monoisotopic (exact) mass is 432 g/mol. The highest BCUT2D eigenvalue weighted by Crippen LogP contribution is 2.36. The van der Waals surface area contributed by atoms with Crippen LogP contribution in [0.25, 0.3) is 11.1 Å². The molecule has 0 bridgehead atoms. The van der Waals surface area contributed by atoms with Gasteiger partial charge in [-0.2, -0.15) is 0 Å². The SMILES string of the molecule is CCC(=O)N1NC(=C2C(=O)N(C)C(=O)N(C)C2=O)CC1c1ccc(-c2ccccc2)cc1. The topological polar surface area (TPSA) is 90.0 Å². The molecule has 1 N–H and O–H groups in total. The van der Waals surface area contributed by atoms with Gasteiger partial charge >= 0.3 is 6.03 Å². The second-order valence-corrected chi connectivity index (χ2v) is 7.80. The Balaban J connectivity index is 1.70. The molecule has 2 saturated heterocycles. The third-order valence-corrected chi connectivity index (χ3v) is 5.85. The zero-order valence-corrected chi connectivity index (χ0v) is 18.2. The molecule has 2 heterocycles. The summed E-state index contributed by atoms with van der Waals surface area (Å²) in [6, 6.07) is 16.8. The van der Waals surface area contributed by atoms with Crippen LogP contribution in [0.2, 0.25) is 0 Å². The number of barbiturate groups is 1. The molecule has 2 aromatic rings. The Morgan fingerprint density at radius 2 is 1.47 bits per heavy atom. The summed E-state index contributed by atoms with van der Waals surface area (Å²) in [6.45, 7) is 1.75. The van der Waals surface area contributed by atoms with Crippen molar-refractivity contribution in [3.63, 3.8) is 0 Å². The van der Waals surface area contributed by atoms with E-state index in [2.05, 4.69) is 5.43 Å². The molecule has 0 saturated carbocycles. The van der Waals surface area contributed by atoms with Crippen molar-refractivity contribution in [1.82, 2.24) is 20.2 Å². The van der Waals surface area contributed by atoms with Gasteiger partial charge in [0.15, 0.2) is 0 Å². The van der Waals surface area contributed by atoms with E-state index in [-0.39, 0.29) is 30.4 Å². The Kier molecular flexibility index (Phi) is 5.52. The first kappa shape index (κ1) is 21.3. The van der Waals surface area contributed by atoms with Crippen molar-refractivity contribution in [2.75, 3.05) is 14.1 Å². The molecule has 2 aliphatic heterocycles. The Morgan fingerprint density at radius 1 is 0.906 bits per heavy atom. The van der Waals surface area contributed by atoms with Crippen LogP contribution < -0.4 is 5.43 Å². The van der Waals surface area contributed by atoms with Crippen LogP contribution in [-0.4, -0.2) is 52.7 Å². The highest BCUT2D eigenvalue weighted by atomic mass is 16.2. The number of urea groups is 1. The number of hydrogen-bond acceptors (Lipinski definition) is 5. The van der Waals surface area contributed by atoms with E-state index >= 15 is 0 Å². The van der Waals surface area contributed by atoms with Gasteiger partial charge in [-0.3, -0.25) is 29.6 Å². The molecule has 0 aromatic heterocycles. The van der Waals surface area contributed by atoms with Crippen LogP contribution in [0.15, 0.2) is 65.9 Å². The minimum absolute atomic E-state index is 0.119. The van der Waals surface area contributed by atoms with Gasteiger partial charge in [0.1, 0.15) is 5.57 Å². The molecule has 2 aliphatic rings. The zero-order chi connectivity index (χ0) is 23.0. The molecule has 0 aliphatic carbocycles. The van der Waals surface area contributed by atoms with Crippen LogP contribution in [0.1, 0.15) is 31.4 Å². The van der Waals surface area contributed by atoms with E-state index in [4.69, 9.17) is 0 Å². The maximum absolute atomic E-state index is 12.7. The fourth-order valence-electron chi connectivity index (χ4n) is 4.00. The van der Waals surface area contributed by atoms with Crippen LogP contribution >= 0.6 is 0 Å². The van der Waals surface area contributed by atoms with Crippen molar-refractivity contribution in [2.45, 2.75) is 25.8 Å². The fraction of sp³-hybridized carbons (Fsp3) is 0.250. The van der Waals surface area contributed by atoms with Gasteiger partial charge in [-0.25, -0.2) is 9.80 Å². The first-order chi connectivity index (χ1) is 15.3. The summed E-state index contributed by atoms with van der Waals surface area (Å²) in [6.07, 6.45) is 0.521. The van der Waals surface area contributed by atoms with E-state index < -0.39 is 17.8 Å². The molecule has 1 atom stereocenters. The summed E-state index contributed by atoms with van der Waals surface area (Å²) in [4.78, 5) is 52.0. The number of amides is 5. The number of hydrogen-bond donors (Lipinski definition) is 1. The van der Waals surface area contributed by atoms with E-state index in [0.29, 0.717) is 5.70 Å². The van der Waals surface area contributed by atoms with E-state index in [1.165, 1.54) is 19.1 Å². The predicted molar refractivity (Wildman–Crippen MR) is 117 cm³/mol. The molecule has 1 unspecified atom stereocenters. The van der Waals surface area contributed by atoms with Crippen LogP contribution in [0.4, 0.5) is 4.79 Å². The molecule has 2 aromatic carbocycles. The number of hydrazine groups is 1. The average Bonchev–Trinajstić information content (AvgIpc) is 3.26. The Labute approximate surface area is 186 Å². The summed E-state index contributed by atoms with van der Waals surface area (Å²) >= 11 is 0. The van der Waals surface area contributed by atoms with Gasteiger partial charge in [-0.05, 0) is 16.7 Å². The maximum atomic E-state index is 12.7. The van der Waals surface area contributed by atoms with Crippen molar-refractivity contribution in [3.8, 4) is 11.1 Å². The van der Waals surface area contributed by atoms with Crippen molar-refractivity contribution in [3.05, 3.63) is 71.4 Å². The molecule has 0 spiro atoms. The molecule has 8 heteroatoms. The van der Waals surface area contributed by atoms with Gasteiger partial charge < -0.3 is 0 Å². The standard InChI is InChI=1S/C24H24N4O4/c1-4-20(29)28-19(17-12-10-16(11-13-17)15-8-6-5-7-9-15)14-18(25-28)21-22(30)26(2)24(32)27(3)23(21)31/h5-13,19,25H,4,14H2,1-3H3. The molecular weight excluding hydrogens is 408 g/mol. The number of benzene rings is 2. The number of nitrogens with one attached hydrogen (secondary N) is 1. The van der Waals surface area contributed by atoms with Gasteiger partial charge in [0.2, 0.25) is 5.91 Å². The number of carbonyl (C=O) groups is 4. The van der Waals surface area contributed by atoms with Crippen LogP contribution in [-0.2, 0) is 14.4 Å². The summed E-state index contributed by atoms with van der Waals surface area (Å²) in [5, 5.41) is 1.47. The van der Waals surface area contributed by atoms with Gasteiger partial charge in [-0.1, -0.05) is 61.5 Å². The van der Waals surface area contributed by atoms with Gasteiger partial charge in [0.25, 0.3) is 11.8 Å². The average molecular weight is 432 g/mol. The summed E-state index contributed by atoms with van der Waals surface area (Å²) in [5.41, 5.74) is 6.21. The largest absolute Gasteiger partial charge is 0.333 e. The second kappa shape index (κ2) is 8.30. The van der Waals surface area contributed by atoms with Crippen LogP contribution in [0.3, 0.4) is 0 Å². The molecular formula is C24H24N4O4. The van der Waals surface area contributed by atoms with E-state index in [1.54, 1.807) is 6.92 Å². The Hall–Kier alpha value is -3.94. The molecule has 164 valence electrons. The summed E-state index contributed by atoms with van der Waals surface area (Å²) in [5.74, 6) is -1.51. The van der Waals surface area contributed by atoms with E-state index in [9.17, 15) is 19.2 Å². The number of rotatable bonds is 3. The minimum Gasteiger partial charge on any atom is -0.298 e. The predicted octanol–water partition coefficient (Wildman–Crippen LogP) is 2.85. The second-order valence-electron chi connectivity index (χ2n) is 7.80. The summed E-state index contributed by atoms with van der Waals surface area (Å²) in [7, 11) is 2.66. The lowest BCUT2D eigenvalue weighted by Gasteiger charge is -2.29. The lowest BCUT2D eigenvalue weighted by molar-refractivity contribution is -0.136. The van der Waals surface area contributed by atoms with E-state index in [0.717, 1.165) is 26.5 Å². The first-order valence-corrected chi connectivity index (χ1v) is 10.4. The van der Waals surface area contributed by atoms with Crippen LogP contribution in [0, 0.1) is 0 Å². The molecule has 5 amide bonds. The smallest absolute Gasteiger partial charge is 0.298 e. The lowest BCUT2D eigenvalue weighted by atomic mass is 9.97. The maximum Gasteiger partial charge on any atom is 0.333 e. The van der Waals surface area contributed by atoms with Crippen molar-refractivity contribution >= 4 is 23.8 Å². The van der Waals surface area contributed by atoms with Crippen LogP contribution in [0.5, 0.6) is 0 Å². The summed E-state index contributed by atoms with van der Waals surface area (Å²) < 4.78 is 0. The van der Waals surface area contributed by atoms with Gasteiger partial charge in [0.05, 0.1) is 11.7 Å². The first-order valence-electron chi connectivity index (χ1n) is 10.4. The van der Waals surface area contributed by atoms with E-state index in [1.807, 2.05) is 54.6 Å². The highest BCUT2D eigenvalue weighted by Gasteiger charge is 2.43. The normalized spacial score (nSPS) is 19.0. The molecule has 32 heavy (non-hydrogen) atoms. The molecule has 2 fully saturated rings. The number of likely N-dealkylation sites (N-methyl/N-ethyl adjacent to an activating group) is 2. The molecule has 8 nitrogen and oxygen atoms in total. The third-order valence-electron chi connectivity index (χ3n) is 5.85. The van der Waals surface area contributed by atoms with Crippen molar-refractivity contribution < 1.29 is 19.2 Å². The van der Waals surface area contributed by atoms with Gasteiger partial charge in [0, 0.05) is 26.9 Å². The lowest BCUT2D eigenvalue weighted by Crippen LogP contribution is -2.54. The van der Waals surface area contributed by atoms with Crippen molar-refractivity contribution in [2.24, 2.45) is 0 Å². The number of nitrogens with zero attached hydrogens (tertiary/aromatic N) is 3. The molecule has 4 rings (SSSR count). The number of imide groups is 2. The number of carbonyl (C=O) groups excluding carboxylic acids is 4.